The zero-order valence-electron chi connectivity index (χ0n) is 11.6. The Morgan fingerprint density at radius 2 is 2.05 bits per heavy atom. The summed E-state index contributed by atoms with van der Waals surface area (Å²) in [6.45, 7) is 2.18. The summed E-state index contributed by atoms with van der Waals surface area (Å²) in [5.74, 6) is 0.240. The van der Waals surface area contributed by atoms with E-state index in [2.05, 4.69) is 6.92 Å². The molecule has 0 saturated heterocycles. The molecule has 0 bridgehead atoms. The Labute approximate surface area is 119 Å². The molecule has 0 amide bonds. The molecule has 1 heterocycles. The van der Waals surface area contributed by atoms with Crippen LogP contribution in [-0.4, -0.2) is 10.4 Å². The number of halogens is 1. The molecule has 1 aromatic carbocycles. The molecule has 0 aliphatic heterocycles. The number of hydrogen-bond donors (Lipinski definition) is 0. The molecule has 0 atom stereocenters. The van der Waals surface area contributed by atoms with Gasteiger partial charge in [0.1, 0.15) is 0 Å². The second kappa shape index (κ2) is 6.25. The van der Waals surface area contributed by atoms with E-state index in [-0.39, 0.29) is 5.78 Å². The maximum absolute atomic E-state index is 12.3. The van der Waals surface area contributed by atoms with Gasteiger partial charge in [0.05, 0.1) is 0 Å². The molecule has 0 aliphatic rings. The van der Waals surface area contributed by atoms with Crippen molar-refractivity contribution in [3.05, 3.63) is 35.0 Å². The number of benzene rings is 1. The first-order valence-corrected chi connectivity index (χ1v) is 7.29. The van der Waals surface area contributed by atoms with Gasteiger partial charge in [-0.05, 0) is 18.6 Å². The van der Waals surface area contributed by atoms with Crippen molar-refractivity contribution in [2.24, 2.45) is 7.05 Å². The first kappa shape index (κ1) is 14.1. The van der Waals surface area contributed by atoms with Gasteiger partial charge in [-0.15, -0.1) is 0 Å². The second-order valence-corrected chi connectivity index (χ2v) is 5.49. The van der Waals surface area contributed by atoms with Gasteiger partial charge in [-0.1, -0.05) is 43.9 Å². The number of rotatable bonds is 6. The highest BCUT2D eigenvalue weighted by molar-refractivity contribution is 6.31. The predicted molar refractivity (Wildman–Crippen MR) is 81.0 cm³/mol. The summed E-state index contributed by atoms with van der Waals surface area (Å²) < 4.78 is 1.97. The van der Waals surface area contributed by atoms with E-state index < -0.39 is 0 Å². The third-order valence-corrected chi connectivity index (χ3v) is 3.75. The van der Waals surface area contributed by atoms with E-state index in [0.717, 1.165) is 29.3 Å². The van der Waals surface area contributed by atoms with Crippen molar-refractivity contribution in [1.29, 1.82) is 0 Å². The molecule has 2 rings (SSSR count). The van der Waals surface area contributed by atoms with Crippen LogP contribution in [0.25, 0.3) is 10.9 Å². The Kier molecular flexibility index (Phi) is 4.65. The van der Waals surface area contributed by atoms with Gasteiger partial charge in [0.25, 0.3) is 0 Å². The Bertz CT molecular complexity index is 586. The molecule has 0 saturated carbocycles. The van der Waals surface area contributed by atoms with Gasteiger partial charge >= 0.3 is 0 Å². The lowest BCUT2D eigenvalue weighted by Crippen LogP contribution is -1.98. The van der Waals surface area contributed by atoms with Crippen molar-refractivity contribution in [3.8, 4) is 0 Å². The predicted octanol–water partition coefficient (Wildman–Crippen LogP) is 4.98. The zero-order valence-corrected chi connectivity index (χ0v) is 12.3. The normalized spacial score (nSPS) is 11.1. The van der Waals surface area contributed by atoms with Crippen molar-refractivity contribution >= 4 is 28.3 Å². The molecule has 1 aromatic heterocycles. The molecule has 2 aromatic rings. The molecular weight excluding hydrogens is 258 g/mol. The van der Waals surface area contributed by atoms with Crippen LogP contribution in [0, 0.1) is 0 Å². The van der Waals surface area contributed by atoms with Crippen LogP contribution in [0.1, 0.15) is 49.4 Å². The van der Waals surface area contributed by atoms with E-state index >= 15 is 0 Å². The molecule has 0 fully saturated rings. The summed E-state index contributed by atoms with van der Waals surface area (Å²) >= 11 is 6.00. The third kappa shape index (κ3) is 3.19. The van der Waals surface area contributed by atoms with Crippen molar-refractivity contribution in [1.82, 2.24) is 4.57 Å². The van der Waals surface area contributed by atoms with E-state index in [4.69, 9.17) is 11.6 Å². The van der Waals surface area contributed by atoms with Crippen LogP contribution >= 0.6 is 11.6 Å². The number of carbonyl (C=O) groups excluding carboxylic acids is 1. The molecule has 0 spiro atoms. The standard InChI is InChI=1S/C16H20ClNO/c1-3-4-5-6-7-16(19)14-11-18(2)15-10-12(17)8-9-13(14)15/h8-11H,3-7H2,1-2H3. The largest absolute Gasteiger partial charge is 0.350 e. The Morgan fingerprint density at radius 1 is 1.26 bits per heavy atom. The Hall–Kier alpha value is -1.28. The van der Waals surface area contributed by atoms with E-state index in [1.807, 2.05) is 36.0 Å². The number of aryl methyl sites for hydroxylation is 1. The topological polar surface area (TPSA) is 22.0 Å². The Morgan fingerprint density at radius 3 is 2.79 bits per heavy atom. The van der Waals surface area contributed by atoms with E-state index in [1.165, 1.54) is 12.8 Å². The number of hydrogen-bond acceptors (Lipinski definition) is 1. The number of fused-ring (bicyclic) bond motifs is 1. The zero-order chi connectivity index (χ0) is 13.8. The lowest BCUT2D eigenvalue weighted by Gasteiger charge is -2.00. The summed E-state index contributed by atoms with van der Waals surface area (Å²) in [6.07, 6.45) is 7.08. The minimum Gasteiger partial charge on any atom is -0.350 e. The number of ketones is 1. The molecular formula is C16H20ClNO. The van der Waals surface area contributed by atoms with Gasteiger partial charge in [0.2, 0.25) is 0 Å². The lowest BCUT2D eigenvalue weighted by atomic mass is 10.0. The van der Waals surface area contributed by atoms with Crippen LogP contribution in [0.3, 0.4) is 0 Å². The summed E-state index contributed by atoms with van der Waals surface area (Å²) in [5, 5.41) is 1.71. The number of carbonyl (C=O) groups is 1. The fraction of sp³-hybridized carbons (Fsp3) is 0.438. The van der Waals surface area contributed by atoms with Gasteiger partial charge in [-0.25, -0.2) is 0 Å². The molecule has 0 unspecified atom stereocenters. The van der Waals surface area contributed by atoms with Crippen LogP contribution in [0.4, 0.5) is 0 Å². The number of Topliss-reactive ketones (excluding diaryl/α,β-unsaturated/α-hetero) is 1. The monoisotopic (exact) mass is 277 g/mol. The van der Waals surface area contributed by atoms with Crippen LogP contribution in [0.15, 0.2) is 24.4 Å². The van der Waals surface area contributed by atoms with Crippen molar-refractivity contribution in [2.45, 2.75) is 39.0 Å². The van der Waals surface area contributed by atoms with Crippen molar-refractivity contribution < 1.29 is 4.79 Å². The second-order valence-electron chi connectivity index (χ2n) is 5.05. The summed E-state index contributed by atoms with van der Waals surface area (Å²) in [4.78, 5) is 12.3. The summed E-state index contributed by atoms with van der Waals surface area (Å²) in [6, 6.07) is 5.69. The molecule has 19 heavy (non-hydrogen) atoms. The van der Waals surface area contributed by atoms with Crippen LogP contribution in [0.2, 0.25) is 5.02 Å². The minimum atomic E-state index is 0.240. The van der Waals surface area contributed by atoms with Crippen LogP contribution in [0.5, 0.6) is 0 Å². The third-order valence-electron chi connectivity index (χ3n) is 3.51. The average Bonchev–Trinajstić information content (AvgIpc) is 2.72. The quantitative estimate of drug-likeness (QED) is 0.539. The van der Waals surface area contributed by atoms with Crippen molar-refractivity contribution in [2.75, 3.05) is 0 Å². The number of aromatic nitrogens is 1. The molecule has 0 aliphatic carbocycles. The average molecular weight is 278 g/mol. The first-order chi connectivity index (χ1) is 9.13. The van der Waals surface area contributed by atoms with Gasteiger partial charge < -0.3 is 4.57 Å². The van der Waals surface area contributed by atoms with Gasteiger partial charge in [0, 0.05) is 41.2 Å². The van der Waals surface area contributed by atoms with E-state index in [9.17, 15) is 4.79 Å². The fourth-order valence-electron chi connectivity index (χ4n) is 2.43. The first-order valence-electron chi connectivity index (χ1n) is 6.91. The number of unbranched alkanes of at least 4 members (excludes halogenated alkanes) is 3. The highest BCUT2D eigenvalue weighted by Gasteiger charge is 2.13. The number of nitrogens with zero attached hydrogens (tertiary/aromatic N) is 1. The lowest BCUT2D eigenvalue weighted by molar-refractivity contribution is 0.0980. The highest BCUT2D eigenvalue weighted by atomic mass is 35.5. The molecule has 3 heteroatoms. The van der Waals surface area contributed by atoms with Gasteiger partial charge in [-0.3, -0.25) is 4.79 Å². The molecule has 0 radical (unpaired) electrons. The van der Waals surface area contributed by atoms with Gasteiger partial charge in [-0.2, -0.15) is 0 Å². The van der Waals surface area contributed by atoms with E-state index in [1.54, 1.807) is 0 Å². The molecule has 0 N–H and O–H groups in total. The van der Waals surface area contributed by atoms with Gasteiger partial charge in [0.15, 0.2) is 5.78 Å². The van der Waals surface area contributed by atoms with E-state index in [0.29, 0.717) is 11.4 Å². The molecule has 102 valence electrons. The maximum Gasteiger partial charge on any atom is 0.165 e. The smallest absolute Gasteiger partial charge is 0.165 e. The van der Waals surface area contributed by atoms with Crippen molar-refractivity contribution in [3.63, 3.8) is 0 Å². The molecule has 2 nitrogen and oxygen atoms in total. The summed E-state index contributed by atoms with van der Waals surface area (Å²) in [7, 11) is 1.95. The summed E-state index contributed by atoms with van der Waals surface area (Å²) in [5.41, 5.74) is 1.84. The minimum absolute atomic E-state index is 0.240. The highest BCUT2D eigenvalue weighted by Crippen LogP contribution is 2.25. The Balaban J connectivity index is 2.18. The SMILES string of the molecule is CCCCCCC(=O)c1cn(C)c2cc(Cl)ccc12. The van der Waals surface area contributed by atoms with Crippen LogP contribution in [-0.2, 0) is 7.05 Å². The maximum atomic E-state index is 12.3. The fourth-order valence-corrected chi connectivity index (χ4v) is 2.59. The van der Waals surface area contributed by atoms with Crippen LogP contribution < -0.4 is 0 Å².